The van der Waals surface area contributed by atoms with Gasteiger partial charge in [0, 0.05) is 34.5 Å². The number of anilines is 2. The van der Waals surface area contributed by atoms with E-state index >= 15 is 0 Å². The number of nitrogens with zero attached hydrogens (tertiary/aromatic N) is 1. The number of hydrogen-bond donors (Lipinski definition) is 1. The summed E-state index contributed by atoms with van der Waals surface area (Å²) in [5, 5.41) is 2.75. The van der Waals surface area contributed by atoms with E-state index in [9.17, 15) is 18.0 Å². The number of rotatable bonds is 5. The van der Waals surface area contributed by atoms with Crippen molar-refractivity contribution in [3.05, 3.63) is 50.4 Å². The Morgan fingerprint density at radius 1 is 1.14 bits per heavy atom. The minimum atomic E-state index is -3.77. The standard InChI is InChI=1S/C20H20Br2N2O4S/c1-12-9-15(21)3-4-17(12)23-19(26)6-8-29(27,28)18-11-16(22)10-14-5-7-24(13(2)25)20(14)18/h3-4,9-11H,5-8H2,1-2H3,(H,23,26). The molecule has 154 valence electrons. The first-order valence-electron chi connectivity index (χ1n) is 8.98. The van der Waals surface area contributed by atoms with E-state index in [1.165, 1.54) is 17.9 Å². The number of halogens is 2. The molecule has 0 spiro atoms. The van der Waals surface area contributed by atoms with E-state index in [-0.39, 0.29) is 28.9 Å². The molecule has 0 aromatic heterocycles. The van der Waals surface area contributed by atoms with Crippen LogP contribution in [0.4, 0.5) is 11.4 Å². The Bertz CT molecular complexity index is 1100. The molecule has 0 radical (unpaired) electrons. The second-order valence-electron chi connectivity index (χ2n) is 6.91. The minimum absolute atomic E-state index is 0.0854. The largest absolute Gasteiger partial charge is 0.326 e. The van der Waals surface area contributed by atoms with Gasteiger partial charge in [-0.15, -0.1) is 0 Å². The molecule has 0 saturated heterocycles. The van der Waals surface area contributed by atoms with Crippen molar-refractivity contribution in [3.63, 3.8) is 0 Å². The third-order valence-electron chi connectivity index (χ3n) is 4.77. The highest BCUT2D eigenvalue weighted by Gasteiger charge is 2.31. The fraction of sp³-hybridized carbons (Fsp3) is 0.300. The molecule has 1 aliphatic rings. The average Bonchev–Trinajstić information content (AvgIpc) is 3.05. The molecule has 1 N–H and O–H groups in total. The number of amides is 2. The van der Waals surface area contributed by atoms with Crippen molar-refractivity contribution in [2.75, 3.05) is 22.5 Å². The van der Waals surface area contributed by atoms with E-state index in [1.54, 1.807) is 12.1 Å². The molecule has 0 aliphatic carbocycles. The van der Waals surface area contributed by atoms with Gasteiger partial charge in [-0.25, -0.2) is 8.42 Å². The number of carbonyl (C=O) groups excluding carboxylic acids is 2. The Kier molecular flexibility index (Phi) is 6.50. The third-order valence-corrected chi connectivity index (χ3v) is 7.44. The van der Waals surface area contributed by atoms with Crippen LogP contribution >= 0.6 is 31.9 Å². The van der Waals surface area contributed by atoms with Crippen molar-refractivity contribution in [1.29, 1.82) is 0 Å². The van der Waals surface area contributed by atoms with Crippen LogP contribution in [0.3, 0.4) is 0 Å². The summed E-state index contributed by atoms with van der Waals surface area (Å²) in [6.45, 7) is 3.73. The van der Waals surface area contributed by atoms with Gasteiger partial charge < -0.3 is 10.2 Å². The van der Waals surface area contributed by atoms with Gasteiger partial charge in [-0.3, -0.25) is 9.59 Å². The lowest BCUT2D eigenvalue weighted by molar-refractivity contribution is -0.117. The fourth-order valence-electron chi connectivity index (χ4n) is 3.34. The molecular formula is C20H20Br2N2O4S. The summed E-state index contributed by atoms with van der Waals surface area (Å²) < 4.78 is 27.6. The molecule has 3 rings (SSSR count). The lowest BCUT2D eigenvalue weighted by atomic mass is 10.2. The molecule has 0 bridgehead atoms. The number of fused-ring (bicyclic) bond motifs is 1. The number of aryl methyl sites for hydroxylation is 1. The first-order chi connectivity index (χ1) is 13.6. The van der Waals surface area contributed by atoms with Crippen molar-refractivity contribution < 1.29 is 18.0 Å². The summed E-state index contributed by atoms with van der Waals surface area (Å²) in [5.41, 5.74) is 2.76. The van der Waals surface area contributed by atoms with Crippen molar-refractivity contribution >= 4 is 64.9 Å². The maximum absolute atomic E-state index is 13.0. The van der Waals surface area contributed by atoms with Crippen molar-refractivity contribution in [3.8, 4) is 0 Å². The Morgan fingerprint density at radius 3 is 2.52 bits per heavy atom. The lowest BCUT2D eigenvalue weighted by Crippen LogP contribution is -2.27. The zero-order valence-electron chi connectivity index (χ0n) is 16.0. The van der Waals surface area contributed by atoms with Gasteiger partial charge in [0.05, 0.1) is 16.3 Å². The summed E-state index contributed by atoms with van der Waals surface area (Å²) in [6, 6.07) is 8.78. The Balaban J connectivity index is 1.80. The Morgan fingerprint density at radius 2 is 1.86 bits per heavy atom. The van der Waals surface area contributed by atoms with E-state index in [2.05, 4.69) is 37.2 Å². The van der Waals surface area contributed by atoms with Gasteiger partial charge in [0.15, 0.2) is 9.84 Å². The zero-order valence-corrected chi connectivity index (χ0v) is 19.9. The molecule has 9 heteroatoms. The predicted octanol–water partition coefficient (Wildman–Crippen LogP) is 4.23. The van der Waals surface area contributed by atoms with Crippen LogP contribution in [0.5, 0.6) is 0 Å². The van der Waals surface area contributed by atoms with Gasteiger partial charge in [0.2, 0.25) is 11.8 Å². The summed E-state index contributed by atoms with van der Waals surface area (Å²) in [6.07, 6.45) is 0.416. The molecule has 2 aromatic rings. The van der Waals surface area contributed by atoms with Gasteiger partial charge >= 0.3 is 0 Å². The SMILES string of the molecule is CC(=O)N1CCc2cc(Br)cc(S(=O)(=O)CCC(=O)Nc3ccc(Br)cc3C)c21. The quantitative estimate of drug-likeness (QED) is 0.611. The van der Waals surface area contributed by atoms with Gasteiger partial charge in [-0.1, -0.05) is 31.9 Å². The highest BCUT2D eigenvalue weighted by atomic mass is 79.9. The van der Waals surface area contributed by atoms with Crippen molar-refractivity contribution in [1.82, 2.24) is 0 Å². The van der Waals surface area contributed by atoms with Crippen LogP contribution in [-0.4, -0.2) is 32.5 Å². The number of nitrogens with one attached hydrogen (secondary N) is 1. The van der Waals surface area contributed by atoms with Crippen LogP contribution in [0.1, 0.15) is 24.5 Å². The van der Waals surface area contributed by atoms with E-state index in [0.717, 1.165) is 15.6 Å². The maximum Gasteiger partial charge on any atom is 0.225 e. The summed E-state index contributed by atoms with van der Waals surface area (Å²) in [7, 11) is -3.77. The molecule has 1 heterocycles. The first-order valence-corrected chi connectivity index (χ1v) is 12.2. The highest BCUT2D eigenvalue weighted by molar-refractivity contribution is 9.10. The Hall–Kier alpha value is -1.71. The number of sulfone groups is 1. The van der Waals surface area contributed by atoms with E-state index in [1.807, 2.05) is 19.1 Å². The zero-order chi connectivity index (χ0) is 21.3. The van der Waals surface area contributed by atoms with Crippen LogP contribution < -0.4 is 10.2 Å². The molecule has 2 amide bonds. The predicted molar refractivity (Wildman–Crippen MR) is 120 cm³/mol. The molecule has 0 unspecified atom stereocenters. The summed E-state index contributed by atoms with van der Waals surface area (Å²) in [5.74, 6) is -0.927. The van der Waals surface area contributed by atoms with Gasteiger partial charge in [-0.05, 0) is 54.8 Å². The van der Waals surface area contributed by atoms with Crippen LogP contribution in [0.25, 0.3) is 0 Å². The molecule has 2 aromatic carbocycles. The average molecular weight is 544 g/mol. The van der Waals surface area contributed by atoms with Crippen molar-refractivity contribution in [2.45, 2.75) is 31.6 Å². The monoisotopic (exact) mass is 542 g/mol. The van der Waals surface area contributed by atoms with Gasteiger partial charge in [-0.2, -0.15) is 0 Å². The molecule has 0 atom stereocenters. The minimum Gasteiger partial charge on any atom is -0.326 e. The van der Waals surface area contributed by atoms with Gasteiger partial charge in [0.1, 0.15) is 0 Å². The number of benzene rings is 2. The highest BCUT2D eigenvalue weighted by Crippen LogP contribution is 2.38. The van der Waals surface area contributed by atoms with Gasteiger partial charge in [0.25, 0.3) is 0 Å². The molecular weight excluding hydrogens is 524 g/mol. The van der Waals surface area contributed by atoms with Crippen LogP contribution in [0.2, 0.25) is 0 Å². The second-order valence-corrected chi connectivity index (χ2v) is 10.8. The number of carbonyl (C=O) groups is 2. The normalized spacial score (nSPS) is 13.3. The molecule has 0 fully saturated rings. The fourth-order valence-corrected chi connectivity index (χ4v) is 5.99. The smallest absolute Gasteiger partial charge is 0.225 e. The topological polar surface area (TPSA) is 83.6 Å². The maximum atomic E-state index is 13.0. The molecule has 1 aliphatic heterocycles. The van der Waals surface area contributed by atoms with Crippen LogP contribution in [-0.2, 0) is 25.8 Å². The van der Waals surface area contributed by atoms with E-state index in [0.29, 0.717) is 28.8 Å². The first kappa shape index (κ1) is 22.0. The van der Waals surface area contributed by atoms with E-state index in [4.69, 9.17) is 0 Å². The third kappa shape index (κ3) is 4.90. The lowest BCUT2D eigenvalue weighted by Gasteiger charge is -2.19. The van der Waals surface area contributed by atoms with Crippen LogP contribution in [0.15, 0.2) is 44.2 Å². The number of hydrogen-bond acceptors (Lipinski definition) is 4. The summed E-state index contributed by atoms with van der Waals surface area (Å²) in [4.78, 5) is 25.9. The summed E-state index contributed by atoms with van der Waals surface area (Å²) >= 11 is 6.72. The molecule has 0 saturated carbocycles. The van der Waals surface area contributed by atoms with Crippen LogP contribution in [0, 0.1) is 6.92 Å². The Labute approximate surface area is 186 Å². The molecule has 29 heavy (non-hydrogen) atoms. The molecule has 6 nitrogen and oxygen atoms in total. The van der Waals surface area contributed by atoms with E-state index < -0.39 is 9.84 Å². The second kappa shape index (κ2) is 8.57. The van der Waals surface area contributed by atoms with Crippen molar-refractivity contribution in [2.24, 2.45) is 0 Å².